The summed E-state index contributed by atoms with van der Waals surface area (Å²) in [5.41, 5.74) is 2.69. The summed E-state index contributed by atoms with van der Waals surface area (Å²) in [5.74, 6) is -1.04. The Kier molecular flexibility index (Phi) is 3.04. The quantitative estimate of drug-likeness (QED) is 0.675. The topological polar surface area (TPSA) is 90.9 Å². The van der Waals surface area contributed by atoms with Crippen molar-refractivity contribution in [3.8, 4) is 0 Å². The fraction of sp³-hybridized carbons (Fsp3) is 0.0714. The Morgan fingerprint density at radius 3 is 2.80 bits per heavy atom. The fourth-order valence-electron chi connectivity index (χ4n) is 1.99. The van der Waals surface area contributed by atoms with Crippen LogP contribution in [0.2, 0.25) is 0 Å². The van der Waals surface area contributed by atoms with Crippen molar-refractivity contribution in [2.75, 3.05) is 5.32 Å². The van der Waals surface area contributed by atoms with Crippen LogP contribution in [0.1, 0.15) is 16.1 Å². The number of aromatic carboxylic acids is 1. The van der Waals surface area contributed by atoms with Gasteiger partial charge in [0.1, 0.15) is 0 Å². The molecule has 0 bridgehead atoms. The number of carboxylic acids is 1. The number of hydrogen-bond donors (Lipinski definition) is 3. The van der Waals surface area contributed by atoms with Crippen molar-refractivity contribution in [3.05, 3.63) is 54.0 Å². The number of rotatable bonds is 4. The standard InChI is InChI=1S/C14H12N4O2/c19-14(20)13-11-7-10(1-2-12(11)17-18-13)16-8-9-3-5-15-6-4-9/h1-7,16H,8H2,(H,17,18)(H,19,20). The van der Waals surface area contributed by atoms with Crippen LogP contribution in [0.25, 0.3) is 10.9 Å². The van der Waals surface area contributed by atoms with Crippen LogP contribution in [0.3, 0.4) is 0 Å². The van der Waals surface area contributed by atoms with E-state index in [2.05, 4.69) is 20.5 Å². The molecule has 2 aromatic heterocycles. The summed E-state index contributed by atoms with van der Waals surface area (Å²) in [7, 11) is 0. The van der Waals surface area contributed by atoms with Crippen LogP contribution >= 0.6 is 0 Å². The molecule has 6 nitrogen and oxygen atoms in total. The number of nitrogens with zero attached hydrogens (tertiary/aromatic N) is 2. The third-order valence-corrected chi connectivity index (χ3v) is 3.01. The lowest BCUT2D eigenvalue weighted by molar-refractivity contribution is 0.0692. The molecule has 6 heteroatoms. The average Bonchev–Trinajstić information content (AvgIpc) is 2.89. The molecule has 0 spiro atoms. The lowest BCUT2D eigenvalue weighted by Crippen LogP contribution is -2.00. The molecule has 0 radical (unpaired) electrons. The van der Waals surface area contributed by atoms with Gasteiger partial charge in [0, 0.05) is 30.0 Å². The highest BCUT2D eigenvalue weighted by molar-refractivity contribution is 6.01. The molecule has 0 aliphatic heterocycles. The lowest BCUT2D eigenvalue weighted by atomic mass is 10.2. The molecule has 20 heavy (non-hydrogen) atoms. The molecule has 0 saturated heterocycles. The molecule has 0 saturated carbocycles. The van der Waals surface area contributed by atoms with Crippen LogP contribution in [-0.2, 0) is 6.54 Å². The summed E-state index contributed by atoms with van der Waals surface area (Å²) < 4.78 is 0. The maximum atomic E-state index is 11.1. The average molecular weight is 268 g/mol. The third kappa shape index (κ3) is 2.31. The molecule has 0 aliphatic rings. The van der Waals surface area contributed by atoms with Gasteiger partial charge in [-0.1, -0.05) is 0 Å². The second kappa shape index (κ2) is 5.00. The van der Waals surface area contributed by atoms with Crippen LogP contribution in [0, 0.1) is 0 Å². The first-order chi connectivity index (χ1) is 9.74. The van der Waals surface area contributed by atoms with Crippen molar-refractivity contribution >= 4 is 22.6 Å². The minimum atomic E-state index is -1.04. The zero-order chi connectivity index (χ0) is 13.9. The van der Waals surface area contributed by atoms with Gasteiger partial charge in [-0.3, -0.25) is 10.1 Å². The SMILES string of the molecule is O=C(O)c1n[nH]c2ccc(NCc3ccncc3)cc12. The Bertz CT molecular complexity index is 752. The summed E-state index contributed by atoms with van der Waals surface area (Å²) in [6.45, 7) is 0.647. The van der Waals surface area contributed by atoms with E-state index in [9.17, 15) is 4.79 Å². The van der Waals surface area contributed by atoms with Gasteiger partial charge in [-0.25, -0.2) is 4.79 Å². The third-order valence-electron chi connectivity index (χ3n) is 3.01. The monoisotopic (exact) mass is 268 g/mol. The van der Waals surface area contributed by atoms with E-state index in [1.165, 1.54) is 0 Å². The molecule has 2 heterocycles. The van der Waals surface area contributed by atoms with Gasteiger partial charge < -0.3 is 10.4 Å². The molecule has 3 rings (SSSR count). The smallest absolute Gasteiger partial charge is 0.357 e. The predicted octanol–water partition coefficient (Wildman–Crippen LogP) is 2.27. The number of fused-ring (bicyclic) bond motifs is 1. The minimum absolute atomic E-state index is 0.0348. The summed E-state index contributed by atoms with van der Waals surface area (Å²) in [6, 6.07) is 9.32. The fourth-order valence-corrected chi connectivity index (χ4v) is 1.99. The number of hydrogen-bond acceptors (Lipinski definition) is 4. The van der Waals surface area contributed by atoms with Crippen molar-refractivity contribution in [3.63, 3.8) is 0 Å². The molecule has 0 atom stereocenters. The second-order valence-electron chi connectivity index (χ2n) is 4.35. The molecular formula is C14H12N4O2. The molecular weight excluding hydrogens is 256 g/mol. The number of aromatic amines is 1. The number of benzene rings is 1. The van der Waals surface area contributed by atoms with Crippen molar-refractivity contribution in [1.29, 1.82) is 0 Å². The second-order valence-corrected chi connectivity index (χ2v) is 4.35. The molecule has 0 unspecified atom stereocenters. The Balaban J connectivity index is 1.85. The van der Waals surface area contributed by atoms with Gasteiger partial charge in [-0.05, 0) is 35.9 Å². The van der Waals surface area contributed by atoms with Gasteiger partial charge in [-0.15, -0.1) is 0 Å². The van der Waals surface area contributed by atoms with Gasteiger partial charge in [0.05, 0.1) is 5.52 Å². The Labute approximate surface area is 114 Å². The predicted molar refractivity (Wildman–Crippen MR) is 74.6 cm³/mol. The first-order valence-corrected chi connectivity index (χ1v) is 6.08. The van der Waals surface area contributed by atoms with Gasteiger partial charge in [0.2, 0.25) is 0 Å². The molecule has 3 N–H and O–H groups in total. The number of carboxylic acid groups (broad SMARTS) is 1. The van der Waals surface area contributed by atoms with Crippen molar-refractivity contribution in [2.24, 2.45) is 0 Å². The zero-order valence-corrected chi connectivity index (χ0v) is 10.5. The summed E-state index contributed by atoms with van der Waals surface area (Å²) >= 11 is 0. The van der Waals surface area contributed by atoms with E-state index < -0.39 is 5.97 Å². The maximum Gasteiger partial charge on any atom is 0.357 e. The molecule has 1 aromatic carbocycles. The van der Waals surface area contributed by atoms with E-state index >= 15 is 0 Å². The van der Waals surface area contributed by atoms with E-state index in [1.54, 1.807) is 18.5 Å². The van der Waals surface area contributed by atoms with Gasteiger partial charge in [-0.2, -0.15) is 5.10 Å². The van der Waals surface area contributed by atoms with Crippen LogP contribution in [0.4, 0.5) is 5.69 Å². The first kappa shape index (κ1) is 12.2. The minimum Gasteiger partial charge on any atom is -0.476 e. The van der Waals surface area contributed by atoms with E-state index in [-0.39, 0.29) is 5.69 Å². The number of anilines is 1. The highest BCUT2D eigenvalue weighted by Gasteiger charge is 2.12. The summed E-state index contributed by atoms with van der Waals surface area (Å²) in [6.07, 6.45) is 3.47. The zero-order valence-electron chi connectivity index (χ0n) is 10.5. The summed E-state index contributed by atoms with van der Waals surface area (Å²) in [4.78, 5) is 15.0. The normalized spacial score (nSPS) is 10.6. The van der Waals surface area contributed by atoms with Crippen molar-refractivity contribution in [1.82, 2.24) is 15.2 Å². The molecule has 0 amide bonds. The molecule has 100 valence electrons. The highest BCUT2D eigenvalue weighted by Crippen LogP contribution is 2.21. The van der Waals surface area contributed by atoms with Crippen molar-refractivity contribution < 1.29 is 9.90 Å². The number of H-pyrrole nitrogens is 1. The van der Waals surface area contributed by atoms with Crippen LogP contribution in [0.15, 0.2) is 42.7 Å². The van der Waals surface area contributed by atoms with Gasteiger partial charge >= 0.3 is 5.97 Å². The van der Waals surface area contributed by atoms with Crippen molar-refractivity contribution in [2.45, 2.75) is 6.54 Å². The first-order valence-electron chi connectivity index (χ1n) is 6.08. The summed E-state index contributed by atoms with van der Waals surface area (Å²) in [5, 5.41) is 19.4. The van der Waals surface area contributed by atoms with Gasteiger partial charge in [0.25, 0.3) is 0 Å². The number of aromatic nitrogens is 3. The van der Waals surface area contributed by atoms with E-state index in [4.69, 9.17) is 5.11 Å². The maximum absolute atomic E-state index is 11.1. The van der Waals surface area contributed by atoms with E-state index in [0.29, 0.717) is 17.4 Å². The largest absolute Gasteiger partial charge is 0.476 e. The Hall–Kier alpha value is -2.89. The van der Waals surface area contributed by atoms with E-state index in [0.717, 1.165) is 11.3 Å². The number of nitrogens with one attached hydrogen (secondary N) is 2. The lowest BCUT2D eigenvalue weighted by Gasteiger charge is -2.06. The highest BCUT2D eigenvalue weighted by atomic mass is 16.4. The Morgan fingerprint density at radius 2 is 2.05 bits per heavy atom. The molecule has 3 aromatic rings. The van der Waals surface area contributed by atoms with Crippen LogP contribution in [-0.4, -0.2) is 26.3 Å². The van der Waals surface area contributed by atoms with Crippen LogP contribution in [0.5, 0.6) is 0 Å². The molecule has 0 fully saturated rings. The number of pyridine rings is 1. The number of carbonyl (C=O) groups is 1. The Morgan fingerprint density at radius 1 is 1.25 bits per heavy atom. The molecule has 0 aliphatic carbocycles. The van der Waals surface area contributed by atoms with Crippen LogP contribution < -0.4 is 5.32 Å². The van der Waals surface area contributed by atoms with Gasteiger partial charge in [0.15, 0.2) is 5.69 Å². The van der Waals surface area contributed by atoms with E-state index in [1.807, 2.05) is 24.3 Å².